The summed E-state index contributed by atoms with van der Waals surface area (Å²) in [6.07, 6.45) is 1.26. The molecule has 1 fully saturated rings. The van der Waals surface area contributed by atoms with Gasteiger partial charge in [0.15, 0.2) is 0 Å². The number of halogens is 1. The molecule has 0 radical (unpaired) electrons. The van der Waals surface area contributed by atoms with Gasteiger partial charge in [-0.3, -0.25) is 0 Å². The molecule has 144 valence electrons. The Labute approximate surface area is 152 Å². The second kappa shape index (κ2) is 7.93. The van der Waals surface area contributed by atoms with E-state index in [1.54, 1.807) is 38.5 Å². The van der Waals surface area contributed by atoms with Gasteiger partial charge >= 0.3 is 6.09 Å². The first-order chi connectivity index (χ1) is 12.2. The highest BCUT2D eigenvalue weighted by atomic mass is 19.1. The van der Waals surface area contributed by atoms with Crippen LogP contribution in [0.15, 0.2) is 28.9 Å². The van der Waals surface area contributed by atoms with Crippen LogP contribution in [0.5, 0.6) is 0 Å². The van der Waals surface area contributed by atoms with Gasteiger partial charge in [0, 0.05) is 19.2 Å². The molecule has 2 rings (SSSR count). The molecule has 0 bridgehead atoms. The number of amides is 1. The number of carbonyl (C=O) groups excluding carboxylic acids is 2. The second-order valence-electron chi connectivity index (χ2n) is 7.25. The first kappa shape index (κ1) is 20.0. The summed E-state index contributed by atoms with van der Waals surface area (Å²) >= 11 is 0. The number of ether oxygens (including phenoxy) is 2. The van der Waals surface area contributed by atoms with Gasteiger partial charge in [-0.15, -0.1) is 0 Å². The molecule has 1 unspecified atom stereocenters. The number of carbonyl (C=O) groups is 1. The predicted octanol–water partition coefficient (Wildman–Crippen LogP) is 1.79. The van der Waals surface area contributed by atoms with E-state index < -0.39 is 23.6 Å². The monoisotopic (exact) mass is 367 g/mol. The molecule has 0 aromatic carbocycles. The van der Waals surface area contributed by atoms with E-state index in [0.29, 0.717) is 19.5 Å². The lowest BCUT2D eigenvalue weighted by Gasteiger charge is -2.30. The summed E-state index contributed by atoms with van der Waals surface area (Å²) in [4.78, 5) is 24.9. The molecule has 0 aromatic heterocycles. The zero-order valence-electron chi connectivity index (χ0n) is 15.6. The first-order valence-electron chi connectivity index (χ1n) is 8.65. The van der Waals surface area contributed by atoms with Crippen LogP contribution in [0.1, 0.15) is 34.1 Å². The van der Waals surface area contributed by atoms with Gasteiger partial charge in [-0.1, -0.05) is 0 Å². The fraction of sp³-hybridized carbons (Fsp3) is 0.611. The Morgan fingerprint density at radius 3 is 2.77 bits per heavy atom. The van der Waals surface area contributed by atoms with E-state index in [1.165, 1.54) is 0 Å². The van der Waals surface area contributed by atoms with E-state index in [0.717, 1.165) is 6.08 Å². The Morgan fingerprint density at radius 2 is 2.19 bits per heavy atom. The normalized spacial score (nSPS) is 23.5. The summed E-state index contributed by atoms with van der Waals surface area (Å²) in [6.45, 7) is 8.25. The Bertz CT molecular complexity index is 674. The number of hydrogen-bond acceptors (Lipinski definition) is 6. The van der Waals surface area contributed by atoms with Crippen LogP contribution in [0.4, 0.5) is 9.18 Å². The number of rotatable bonds is 4. The molecule has 1 heterocycles. The van der Waals surface area contributed by atoms with Gasteiger partial charge in [0.05, 0.1) is 24.4 Å². The van der Waals surface area contributed by atoms with Gasteiger partial charge in [0.1, 0.15) is 28.7 Å². The van der Waals surface area contributed by atoms with Crippen LogP contribution in [0.3, 0.4) is 0 Å². The van der Waals surface area contributed by atoms with Crippen LogP contribution < -0.4 is 11.1 Å². The van der Waals surface area contributed by atoms with Crippen LogP contribution in [0, 0.1) is 0 Å². The van der Waals surface area contributed by atoms with Crippen molar-refractivity contribution in [1.82, 2.24) is 10.2 Å². The minimum absolute atomic E-state index is 0.0896. The highest BCUT2D eigenvalue weighted by Gasteiger charge is 2.36. The fourth-order valence-corrected chi connectivity index (χ4v) is 3.01. The molecule has 0 spiro atoms. The maximum atomic E-state index is 14.6. The van der Waals surface area contributed by atoms with Crippen LogP contribution >= 0.6 is 0 Å². The average Bonchev–Trinajstić information content (AvgIpc) is 2.93. The van der Waals surface area contributed by atoms with E-state index in [-0.39, 0.29) is 29.7 Å². The quantitative estimate of drug-likeness (QED) is 0.736. The van der Waals surface area contributed by atoms with Gasteiger partial charge in [0.25, 0.3) is 0 Å². The van der Waals surface area contributed by atoms with Gasteiger partial charge in [0.2, 0.25) is 0 Å². The molecule has 1 aliphatic heterocycles. The average molecular weight is 367 g/mol. The van der Waals surface area contributed by atoms with Crippen molar-refractivity contribution in [3.63, 3.8) is 0 Å². The minimum atomic E-state index is -0.959. The lowest BCUT2D eigenvalue weighted by Crippen LogP contribution is -2.42. The molecule has 1 saturated heterocycles. The first-order valence-corrected chi connectivity index (χ1v) is 8.65. The summed E-state index contributed by atoms with van der Waals surface area (Å²) in [6, 6.07) is -1.15. The van der Waals surface area contributed by atoms with Crippen molar-refractivity contribution in [3.8, 4) is 0 Å². The third-order valence-corrected chi connectivity index (χ3v) is 4.03. The molecule has 2 aliphatic rings. The smallest absolute Gasteiger partial charge is 0.407 e. The van der Waals surface area contributed by atoms with E-state index in [4.69, 9.17) is 15.2 Å². The molecule has 0 aromatic rings. The number of nitrogens with two attached hydrogens (primary N) is 1. The summed E-state index contributed by atoms with van der Waals surface area (Å²) in [5.41, 5.74) is 5.79. The van der Waals surface area contributed by atoms with Crippen molar-refractivity contribution in [2.45, 2.75) is 51.8 Å². The SMILES string of the molecule is CCOC1=CC(F)=C(N2CC[C@@H](NC(=O)OC(C)(C)C)C2)C(N)C1=C=O. The van der Waals surface area contributed by atoms with Crippen molar-refractivity contribution >= 4 is 12.0 Å². The maximum absolute atomic E-state index is 14.6. The number of hydrogen-bond donors (Lipinski definition) is 2. The third kappa shape index (κ3) is 4.65. The lowest BCUT2D eigenvalue weighted by atomic mass is 9.97. The molecule has 1 amide bonds. The number of nitrogens with one attached hydrogen (secondary N) is 1. The molecular weight excluding hydrogens is 341 g/mol. The number of nitrogens with zero attached hydrogens (tertiary/aromatic N) is 1. The van der Waals surface area contributed by atoms with E-state index in [9.17, 15) is 14.0 Å². The molecule has 8 heteroatoms. The van der Waals surface area contributed by atoms with Crippen molar-refractivity contribution in [2.75, 3.05) is 19.7 Å². The summed E-state index contributed by atoms with van der Waals surface area (Å²) in [7, 11) is 0. The molecule has 0 saturated carbocycles. The Balaban J connectivity index is 2.10. The third-order valence-electron chi connectivity index (χ3n) is 4.03. The van der Waals surface area contributed by atoms with Crippen LogP contribution in [0.2, 0.25) is 0 Å². The van der Waals surface area contributed by atoms with Gasteiger partial charge < -0.3 is 25.4 Å². The Hall–Kier alpha value is -2.31. The lowest BCUT2D eigenvalue weighted by molar-refractivity contribution is 0.0506. The second-order valence-corrected chi connectivity index (χ2v) is 7.25. The standard InChI is InChI=1S/C18H26FN3O4/c1-5-25-14-8-13(19)16(15(20)12(14)10-23)22-7-6-11(9-22)21-17(24)26-18(2,3)4/h8,11,15H,5-7,9,20H2,1-4H3,(H,21,24)/t11-,15?/m1/s1. The van der Waals surface area contributed by atoms with Gasteiger partial charge in [-0.25, -0.2) is 14.0 Å². The molecule has 3 N–H and O–H groups in total. The predicted molar refractivity (Wildman–Crippen MR) is 94.4 cm³/mol. The Kier molecular flexibility index (Phi) is 6.10. The number of alkyl carbamates (subject to hydrolysis) is 1. The van der Waals surface area contributed by atoms with E-state index in [1.807, 2.05) is 0 Å². The van der Waals surface area contributed by atoms with Crippen molar-refractivity contribution in [1.29, 1.82) is 0 Å². The zero-order chi connectivity index (χ0) is 19.5. The molecule has 1 aliphatic carbocycles. The zero-order valence-corrected chi connectivity index (χ0v) is 15.6. The summed E-state index contributed by atoms with van der Waals surface area (Å²) < 4.78 is 25.1. The van der Waals surface area contributed by atoms with Crippen LogP contribution in [-0.2, 0) is 14.3 Å². The van der Waals surface area contributed by atoms with Gasteiger partial charge in [-0.2, -0.15) is 0 Å². The molecule has 2 atom stereocenters. The summed E-state index contributed by atoms with van der Waals surface area (Å²) in [5, 5.41) is 2.78. The molecular formula is C18H26FN3O4. The minimum Gasteiger partial charge on any atom is -0.493 e. The summed E-state index contributed by atoms with van der Waals surface area (Å²) in [5.74, 6) is 1.33. The maximum Gasteiger partial charge on any atom is 0.407 e. The topological polar surface area (TPSA) is 93.9 Å². The fourth-order valence-electron chi connectivity index (χ4n) is 3.01. The van der Waals surface area contributed by atoms with Gasteiger partial charge in [-0.05, 0) is 34.1 Å². The largest absolute Gasteiger partial charge is 0.493 e. The Morgan fingerprint density at radius 1 is 1.50 bits per heavy atom. The number of likely N-dealkylation sites (tertiary alicyclic amines) is 1. The highest BCUT2D eigenvalue weighted by Crippen LogP contribution is 2.32. The molecule has 7 nitrogen and oxygen atoms in total. The highest BCUT2D eigenvalue weighted by molar-refractivity contribution is 5.68. The van der Waals surface area contributed by atoms with E-state index in [2.05, 4.69) is 5.32 Å². The van der Waals surface area contributed by atoms with Crippen molar-refractivity contribution in [2.24, 2.45) is 5.73 Å². The van der Waals surface area contributed by atoms with Crippen molar-refractivity contribution in [3.05, 3.63) is 28.9 Å². The van der Waals surface area contributed by atoms with Crippen LogP contribution in [0.25, 0.3) is 0 Å². The van der Waals surface area contributed by atoms with Crippen molar-refractivity contribution < 1.29 is 23.5 Å². The molecule has 26 heavy (non-hydrogen) atoms. The van der Waals surface area contributed by atoms with Crippen LogP contribution in [-0.4, -0.2) is 54.3 Å². The van der Waals surface area contributed by atoms with E-state index >= 15 is 0 Å². The number of allylic oxidation sites excluding steroid dienone is 2.